The Morgan fingerprint density at radius 2 is 0.549 bits per heavy atom. The second-order valence-corrected chi connectivity index (χ2v) is 26.2. The summed E-state index contributed by atoms with van der Waals surface area (Å²) in [5.74, 6) is 7.26. The van der Waals surface area contributed by atoms with Gasteiger partial charge in [0.1, 0.15) is 26.4 Å². The minimum Gasteiger partial charge on any atom is -0.493 e. The Bertz CT molecular complexity index is 3460. The number of halogens is 4. The lowest BCUT2D eigenvalue weighted by molar-refractivity contribution is 0.262. The van der Waals surface area contributed by atoms with Gasteiger partial charge in [0.15, 0.2) is 46.0 Å². The van der Waals surface area contributed by atoms with Crippen LogP contribution in [0, 0.1) is 11.8 Å². The summed E-state index contributed by atoms with van der Waals surface area (Å²) in [5, 5.41) is 16.1. The highest BCUT2D eigenvalue weighted by Crippen LogP contribution is 2.45. The largest absolute Gasteiger partial charge is 0.493 e. The minimum absolute atomic E-state index is 0. The van der Waals surface area contributed by atoms with Crippen LogP contribution in [0.15, 0.2) is 170 Å². The van der Waals surface area contributed by atoms with Crippen molar-refractivity contribution >= 4 is 49.6 Å². The molecule has 8 aromatic carbocycles. The van der Waals surface area contributed by atoms with Gasteiger partial charge in [-0.15, -0.1) is 49.6 Å². The first-order valence-corrected chi connectivity index (χ1v) is 34.9. The van der Waals surface area contributed by atoms with Gasteiger partial charge in [0.2, 0.25) is 0 Å². The summed E-state index contributed by atoms with van der Waals surface area (Å²) in [6.45, 7) is 5.70. The van der Waals surface area contributed by atoms with E-state index in [0.717, 1.165) is 197 Å². The van der Waals surface area contributed by atoms with Crippen molar-refractivity contribution in [1.82, 2.24) is 21.3 Å². The molecule has 16 nitrogen and oxygen atoms in total. The summed E-state index contributed by atoms with van der Waals surface area (Å²) in [7, 11) is 7.03. The van der Waals surface area contributed by atoms with E-state index in [4.69, 9.17) is 37.9 Å². The molecule has 4 heterocycles. The Hall–Kier alpha value is -7.00. The first-order valence-electron chi connectivity index (χ1n) is 34.9. The van der Waals surface area contributed by atoms with Crippen molar-refractivity contribution < 1.29 is 59.8 Å². The molecule has 0 bridgehead atoms. The molecule has 20 heteroatoms. The molecule has 0 amide bonds. The fraction of sp³-hybridized carbons (Fsp3) is 0.415. The number of hydrogen-bond donors (Lipinski definition) is 4. The predicted molar refractivity (Wildman–Crippen MR) is 419 cm³/mol. The third-order valence-corrected chi connectivity index (χ3v) is 20.1. The quantitative estimate of drug-likeness (QED) is 0.0281. The number of benzene rings is 8. The molecule has 8 aromatic rings. The van der Waals surface area contributed by atoms with Crippen LogP contribution in [0.5, 0.6) is 46.0 Å². The average Bonchev–Trinajstić information content (AvgIpc) is 0.830. The second-order valence-electron chi connectivity index (χ2n) is 26.2. The van der Waals surface area contributed by atoms with Crippen molar-refractivity contribution in [3.05, 3.63) is 237 Å². The third kappa shape index (κ3) is 22.8. The number of nitrogens with one attached hydrogen (secondary N) is 4. The molecule has 0 aromatic heterocycles. The molecule has 6 atom stereocenters. The van der Waals surface area contributed by atoms with Gasteiger partial charge in [-0.05, 0) is 218 Å². The van der Waals surface area contributed by atoms with Crippen molar-refractivity contribution in [2.24, 2.45) is 11.8 Å². The Morgan fingerprint density at radius 3 is 0.824 bits per heavy atom. The minimum atomic E-state index is 0. The smallest absolute Gasteiger partial charge is 0.162 e. The Morgan fingerprint density at radius 1 is 0.304 bits per heavy atom. The molecule has 0 aliphatic carbocycles. The highest BCUT2D eigenvalue weighted by molar-refractivity contribution is 5.86. The number of unbranched alkanes of at least 4 members (excludes halogenated alkanes) is 3. The first-order chi connectivity index (χ1) is 46.4. The number of rotatable bonds is 33. The molecule has 102 heavy (non-hydrogen) atoms. The fourth-order valence-electron chi connectivity index (χ4n) is 15.2. The molecule has 558 valence electrons. The summed E-state index contributed by atoms with van der Waals surface area (Å²) in [4.78, 5) is 0. The van der Waals surface area contributed by atoms with E-state index in [1.54, 1.807) is 28.4 Å². The molecule has 6 unspecified atom stereocenters. The van der Waals surface area contributed by atoms with Crippen LogP contribution in [0.4, 0.5) is 0 Å². The number of fused-ring (bicyclic) bond motifs is 4. The average molecular weight is 1490 g/mol. The normalized spacial score (nSPS) is 16.5. The Labute approximate surface area is 629 Å². The van der Waals surface area contributed by atoms with E-state index in [2.05, 4.69) is 179 Å². The number of methoxy groups -OCH3 is 4. The fourth-order valence-corrected chi connectivity index (χ4v) is 15.2. The van der Waals surface area contributed by atoms with Crippen LogP contribution in [-0.4, -0.2) is 76.5 Å². The highest BCUT2D eigenvalue weighted by Gasteiger charge is 2.33. The maximum absolute atomic E-state index is 6.64. The van der Waals surface area contributed by atoms with Gasteiger partial charge < -0.3 is 81.1 Å². The van der Waals surface area contributed by atoms with Crippen molar-refractivity contribution in [3.63, 3.8) is 0 Å². The van der Waals surface area contributed by atoms with Gasteiger partial charge >= 0.3 is 0 Å². The van der Waals surface area contributed by atoms with E-state index < -0.39 is 0 Å². The maximum atomic E-state index is 6.64. The van der Waals surface area contributed by atoms with E-state index >= 15 is 0 Å². The molecule has 0 radical (unpaired) electrons. The van der Waals surface area contributed by atoms with Gasteiger partial charge in [-0.2, -0.15) is 0 Å². The lowest BCUT2D eigenvalue weighted by Gasteiger charge is -2.36. The summed E-state index contributed by atoms with van der Waals surface area (Å²) in [6.07, 6.45) is 17.2. The molecular weight excluding hydrogens is 1370 g/mol. The van der Waals surface area contributed by atoms with E-state index in [1.165, 1.54) is 44.5 Å². The monoisotopic (exact) mass is 1480 g/mol. The van der Waals surface area contributed by atoms with E-state index in [1.807, 2.05) is 12.1 Å². The van der Waals surface area contributed by atoms with Gasteiger partial charge in [0, 0.05) is 24.2 Å². The van der Waals surface area contributed by atoms with Gasteiger partial charge in [0.25, 0.3) is 0 Å². The van der Waals surface area contributed by atoms with Crippen molar-refractivity contribution in [1.29, 1.82) is 0 Å². The van der Waals surface area contributed by atoms with Crippen LogP contribution in [0.2, 0.25) is 0 Å². The zero-order valence-corrected chi connectivity index (χ0v) is 62.8. The van der Waals surface area contributed by atoms with Gasteiger partial charge in [-0.1, -0.05) is 160 Å². The highest BCUT2D eigenvalue weighted by atomic mass is 35.5. The molecule has 12 rings (SSSR count). The van der Waals surface area contributed by atoms with Crippen LogP contribution in [0.1, 0.15) is 168 Å². The number of hydrogen-bond acceptors (Lipinski definition) is 12. The Balaban J connectivity index is 0.00000276. The zero-order chi connectivity index (χ0) is 64.3. The topological polar surface area (TPSA) is 248 Å². The molecule has 0 fully saturated rings. The van der Waals surface area contributed by atoms with Crippen LogP contribution in [0.3, 0.4) is 0 Å². The van der Waals surface area contributed by atoms with E-state index in [0.29, 0.717) is 38.3 Å². The second kappa shape index (κ2) is 44.6. The van der Waals surface area contributed by atoms with Crippen LogP contribution in [-0.2, 0) is 52.1 Å². The van der Waals surface area contributed by atoms with Crippen LogP contribution in [0.25, 0.3) is 0 Å². The van der Waals surface area contributed by atoms with E-state index in [9.17, 15) is 0 Å². The molecule has 4 aliphatic rings. The number of ether oxygens (including phenoxy) is 8. The predicted octanol–water partition coefficient (Wildman–Crippen LogP) is 15.2. The van der Waals surface area contributed by atoms with Gasteiger partial charge in [0.05, 0.1) is 28.4 Å². The maximum Gasteiger partial charge on any atom is 0.162 e. The van der Waals surface area contributed by atoms with Gasteiger partial charge in [-0.25, -0.2) is 0 Å². The SMILES string of the molecule is COc1cc2c(cc1OCc1ccccc1)C(CCCCC(CCCCC(CCCCC1NCCc3cc(OC)c(OCc4ccccc4)cc31)C1NCCc3cc(OC)c(OCc4ccccc4)cc31)C1NCCc3cc(OC)c(OCc4ccccc4)cc31)NCC2.Cl.Cl.Cl.Cl.O.O.O.O. The molecule has 4 aliphatic heterocycles. The van der Waals surface area contributed by atoms with Crippen molar-refractivity contribution in [3.8, 4) is 46.0 Å². The van der Waals surface area contributed by atoms with Gasteiger partial charge in [-0.3, -0.25) is 0 Å². The Kier molecular flexibility index (Phi) is 38.2. The lowest BCUT2D eigenvalue weighted by atomic mass is 9.78. The summed E-state index contributed by atoms with van der Waals surface area (Å²) >= 11 is 0. The standard InChI is InChI=1S/C82H98N4O8.4ClH.4H2O/c1-87-73-45-63-37-41-83-71(67(63)49-77(73)91-53-57-23-9-5-10-24-57)35-21-19-33-61(81-69-51-79(93-55-59-27-13-7-14-28-59)75(89-3)47-65(69)39-43-85-81)31-17-18-32-62(82-70-52-80(94-56-60-29-15-8-16-30-60)76(90-4)48-66(70)40-44-86-82)34-20-22-36-72-68-50-78(92-54-58-25-11-6-12-26-58)74(88-2)46-64(68)38-42-84-72;;;;;;;;/h5-16,23-30,45-52,61-62,71-72,81-86H,17-22,31-44,53-56H2,1-4H3;4*1H;4*1H2. The molecule has 0 saturated heterocycles. The molecule has 12 N–H and O–H groups in total. The van der Waals surface area contributed by atoms with E-state index in [-0.39, 0.29) is 95.7 Å². The molecule has 0 saturated carbocycles. The molecule has 0 spiro atoms. The summed E-state index contributed by atoms with van der Waals surface area (Å²) < 4.78 is 50.2. The molecular formula is C82H110Cl4N4O12. The van der Waals surface area contributed by atoms with Crippen LogP contribution >= 0.6 is 49.6 Å². The summed E-state index contributed by atoms with van der Waals surface area (Å²) in [6, 6.07) is 60.6. The zero-order valence-electron chi connectivity index (χ0n) is 59.5. The lowest BCUT2D eigenvalue weighted by Crippen LogP contribution is -2.35. The van der Waals surface area contributed by atoms with Crippen molar-refractivity contribution in [2.75, 3.05) is 54.6 Å². The third-order valence-electron chi connectivity index (χ3n) is 20.1. The first kappa shape index (κ1) is 87.4. The van der Waals surface area contributed by atoms with Crippen molar-refractivity contribution in [2.45, 2.75) is 153 Å². The van der Waals surface area contributed by atoms with Crippen LogP contribution < -0.4 is 59.2 Å². The summed E-state index contributed by atoms with van der Waals surface area (Å²) in [5.41, 5.74) is 15.3.